The molecule has 0 N–H and O–H groups in total. The van der Waals surface area contributed by atoms with Crippen molar-refractivity contribution in [3.05, 3.63) is 53.7 Å². The lowest BCUT2D eigenvalue weighted by Gasteiger charge is -2.17. The molecule has 1 heterocycles. The van der Waals surface area contributed by atoms with Gasteiger partial charge in [-0.3, -0.25) is 9.00 Å². The number of methoxy groups -OCH3 is 1. The number of hydrogen-bond donors (Lipinski definition) is 0. The van der Waals surface area contributed by atoms with Crippen LogP contribution in [0, 0.1) is 0 Å². The Morgan fingerprint density at radius 2 is 2.09 bits per heavy atom. The zero-order valence-corrected chi connectivity index (χ0v) is 13.6. The van der Waals surface area contributed by atoms with Crippen molar-refractivity contribution in [3.8, 4) is 5.88 Å². The van der Waals surface area contributed by atoms with E-state index in [9.17, 15) is 9.00 Å². The molecule has 1 aromatic carbocycles. The number of carbonyl (C=O) groups is 1. The van der Waals surface area contributed by atoms with E-state index in [0.29, 0.717) is 22.9 Å². The van der Waals surface area contributed by atoms with E-state index in [1.165, 1.54) is 4.90 Å². The van der Waals surface area contributed by atoms with Gasteiger partial charge in [-0.05, 0) is 23.8 Å². The first-order valence-corrected chi connectivity index (χ1v) is 8.41. The van der Waals surface area contributed by atoms with Crippen LogP contribution in [0.25, 0.3) is 0 Å². The highest BCUT2D eigenvalue weighted by Crippen LogP contribution is 2.18. The van der Waals surface area contributed by atoms with Crippen molar-refractivity contribution in [3.63, 3.8) is 0 Å². The van der Waals surface area contributed by atoms with Gasteiger partial charge in [-0.2, -0.15) is 0 Å². The van der Waals surface area contributed by atoms with Gasteiger partial charge < -0.3 is 9.64 Å². The second-order valence-electron chi connectivity index (χ2n) is 4.84. The van der Waals surface area contributed by atoms with Crippen molar-refractivity contribution >= 4 is 22.4 Å². The van der Waals surface area contributed by atoms with Crippen LogP contribution in [-0.2, 0) is 16.6 Å². The third kappa shape index (κ3) is 3.92. The van der Waals surface area contributed by atoms with Crippen molar-refractivity contribution in [1.82, 2.24) is 4.98 Å². The van der Waals surface area contributed by atoms with Gasteiger partial charge in [0, 0.05) is 41.5 Å². The van der Waals surface area contributed by atoms with Gasteiger partial charge in [0.2, 0.25) is 5.88 Å². The fourth-order valence-corrected chi connectivity index (χ4v) is 2.68. The van der Waals surface area contributed by atoms with Crippen molar-refractivity contribution in [2.45, 2.75) is 5.75 Å². The molecule has 116 valence electrons. The SMILES string of the molecule is COc1ccc(N(C)C(=O)c2cccc(C[S@](C)=O)c2)cn1. The molecule has 22 heavy (non-hydrogen) atoms. The predicted octanol–water partition coefficient (Wildman–Crippen LogP) is 2.25. The number of nitrogens with zero attached hydrogens (tertiary/aromatic N) is 2. The van der Waals surface area contributed by atoms with E-state index in [1.54, 1.807) is 56.9 Å². The highest BCUT2D eigenvalue weighted by molar-refractivity contribution is 7.83. The maximum absolute atomic E-state index is 12.5. The molecule has 1 aromatic heterocycles. The molecule has 5 nitrogen and oxygen atoms in total. The Balaban J connectivity index is 2.20. The molecular formula is C16H18N2O3S. The molecule has 0 spiro atoms. The van der Waals surface area contributed by atoms with Crippen LogP contribution in [0.1, 0.15) is 15.9 Å². The molecule has 6 heteroatoms. The number of ether oxygens (including phenoxy) is 1. The minimum absolute atomic E-state index is 0.143. The summed E-state index contributed by atoms with van der Waals surface area (Å²) in [4.78, 5) is 18.1. The van der Waals surface area contributed by atoms with Crippen LogP contribution in [0.5, 0.6) is 5.88 Å². The molecule has 0 saturated carbocycles. The maximum Gasteiger partial charge on any atom is 0.258 e. The number of benzene rings is 1. The largest absolute Gasteiger partial charge is 0.481 e. The first-order valence-electron chi connectivity index (χ1n) is 6.68. The number of rotatable bonds is 5. The van der Waals surface area contributed by atoms with Crippen LogP contribution < -0.4 is 9.64 Å². The van der Waals surface area contributed by atoms with Gasteiger partial charge in [-0.15, -0.1) is 0 Å². The standard InChI is InChI=1S/C16H18N2O3S/c1-18(14-7-8-15(21-2)17-10-14)16(19)13-6-4-5-12(9-13)11-22(3)20/h4-10H,11H2,1-3H3/t22-/m0/s1. The van der Waals surface area contributed by atoms with Gasteiger partial charge >= 0.3 is 0 Å². The third-order valence-corrected chi connectivity index (χ3v) is 3.91. The Bertz CT molecular complexity index is 686. The second kappa shape index (κ2) is 7.17. The van der Waals surface area contributed by atoms with E-state index in [1.807, 2.05) is 6.07 Å². The van der Waals surface area contributed by atoms with Gasteiger partial charge in [0.25, 0.3) is 5.91 Å². The van der Waals surface area contributed by atoms with Crippen LogP contribution in [0.3, 0.4) is 0 Å². The van der Waals surface area contributed by atoms with Gasteiger partial charge in [0.05, 0.1) is 19.0 Å². The van der Waals surface area contributed by atoms with Crippen LogP contribution >= 0.6 is 0 Å². The van der Waals surface area contributed by atoms with E-state index < -0.39 is 10.8 Å². The number of amides is 1. The highest BCUT2D eigenvalue weighted by Gasteiger charge is 2.14. The highest BCUT2D eigenvalue weighted by atomic mass is 32.2. The van der Waals surface area contributed by atoms with Gasteiger partial charge in [0.15, 0.2) is 0 Å². The molecule has 2 rings (SSSR count). The summed E-state index contributed by atoms with van der Waals surface area (Å²) in [5, 5.41) is 0. The lowest BCUT2D eigenvalue weighted by atomic mass is 10.1. The van der Waals surface area contributed by atoms with Crippen LogP contribution in [0.4, 0.5) is 5.69 Å². The molecule has 1 atom stereocenters. The summed E-state index contributed by atoms with van der Waals surface area (Å²) in [5.74, 6) is 0.794. The van der Waals surface area contributed by atoms with E-state index in [-0.39, 0.29) is 5.91 Å². The Morgan fingerprint density at radius 1 is 1.32 bits per heavy atom. The minimum atomic E-state index is -0.937. The van der Waals surface area contributed by atoms with Gasteiger partial charge in [-0.1, -0.05) is 12.1 Å². The fraction of sp³-hybridized carbons (Fsp3) is 0.250. The van der Waals surface area contributed by atoms with Crippen LogP contribution in [-0.4, -0.2) is 35.5 Å². The Kier molecular flexibility index (Phi) is 5.27. The van der Waals surface area contributed by atoms with E-state index in [4.69, 9.17) is 4.74 Å². The van der Waals surface area contributed by atoms with Crippen LogP contribution in [0.2, 0.25) is 0 Å². The minimum Gasteiger partial charge on any atom is -0.481 e. The third-order valence-electron chi connectivity index (χ3n) is 3.17. The van der Waals surface area contributed by atoms with E-state index in [0.717, 1.165) is 5.56 Å². The van der Waals surface area contributed by atoms with Crippen LogP contribution in [0.15, 0.2) is 42.6 Å². The summed E-state index contributed by atoms with van der Waals surface area (Å²) >= 11 is 0. The molecular weight excluding hydrogens is 300 g/mol. The number of hydrogen-bond acceptors (Lipinski definition) is 4. The maximum atomic E-state index is 12.5. The smallest absolute Gasteiger partial charge is 0.258 e. The molecule has 0 unspecified atom stereocenters. The topological polar surface area (TPSA) is 59.5 Å². The number of aromatic nitrogens is 1. The molecule has 0 radical (unpaired) electrons. The number of anilines is 1. The quantitative estimate of drug-likeness (QED) is 0.848. The molecule has 0 aliphatic carbocycles. The average molecular weight is 318 g/mol. The number of pyridine rings is 1. The summed E-state index contributed by atoms with van der Waals surface area (Å²) in [6.07, 6.45) is 3.23. The normalized spacial score (nSPS) is 11.8. The summed E-state index contributed by atoms with van der Waals surface area (Å²) in [6, 6.07) is 10.7. The molecule has 0 bridgehead atoms. The molecule has 0 saturated heterocycles. The zero-order valence-electron chi connectivity index (χ0n) is 12.8. The van der Waals surface area contributed by atoms with Crippen molar-refractivity contribution in [2.24, 2.45) is 0 Å². The van der Waals surface area contributed by atoms with Gasteiger partial charge in [-0.25, -0.2) is 4.98 Å². The van der Waals surface area contributed by atoms with E-state index >= 15 is 0 Å². The van der Waals surface area contributed by atoms with Crippen molar-refractivity contribution in [1.29, 1.82) is 0 Å². The van der Waals surface area contributed by atoms with E-state index in [2.05, 4.69) is 4.98 Å². The number of carbonyl (C=O) groups excluding carboxylic acids is 1. The predicted molar refractivity (Wildman–Crippen MR) is 87.7 cm³/mol. The molecule has 0 aliphatic heterocycles. The fourth-order valence-electron chi connectivity index (χ4n) is 2.03. The van der Waals surface area contributed by atoms with Crippen molar-refractivity contribution in [2.75, 3.05) is 25.3 Å². The summed E-state index contributed by atoms with van der Waals surface area (Å²) in [7, 11) is 2.30. The zero-order chi connectivity index (χ0) is 16.1. The summed E-state index contributed by atoms with van der Waals surface area (Å²) < 4.78 is 16.3. The second-order valence-corrected chi connectivity index (χ2v) is 6.28. The summed E-state index contributed by atoms with van der Waals surface area (Å²) in [6.45, 7) is 0. The molecule has 2 aromatic rings. The first-order chi connectivity index (χ1) is 10.5. The average Bonchev–Trinajstić information content (AvgIpc) is 2.53. The Labute approximate surface area is 132 Å². The monoisotopic (exact) mass is 318 g/mol. The lowest BCUT2D eigenvalue weighted by molar-refractivity contribution is 0.0993. The molecule has 1 amide bonds. The first kappa shape index (κ1) is 16.2. The molecule has 0 aliphatic rings. The molecule has 0 fully saturated rings. The lowest BCUT2D eigenvalue weighted by Crippen LogP contribution is -2.26. The Morgan fingerprint density at radius 3 is 2.68 bits per heavy atom. The van der Waals surface area contributed by atoms with Crippen molar-refractivity contribution < 1.29 is 13.7 Å². The Hall–Kier alpha value is -2.21. The van der Waals surface area contributed by atoms with Gasteiger partial charge in [0.1, 0.15) is 0 Å². The summed E-state index contributed by atoms with van der Waals surface area (Å²) in [5.41, 5.74) is 2.12.